The number of aliphatic carboxylic acids is 1. The van der Waals surface area contributed by atoms with Gasteiger partial charge in [0.2, 0.25) is 5.91 Å². The maximum absolute atomic E-state index is 12.6. The number of anilines is 1. The summed E-state index contributed by atoms with van der Waals surface area (Å²) in [6, 6.07) is 7.03. The average molecular weight is 290 g/mol. The van der Waals surface area contributed by atoms with E-state index in [0.29, 0.717) is 17.8 Å². The van der Waals surface area contributed by atoms with Crippen molar-refractivity contribution in [3.8, 4) is 0 Å². The molecule has 0 aliphatic carbocycles. The van der Waals surface area contributed by atoms with E-state index < -0.39 is 5.97 Å². The van der Waals surface area contributed by atoms with Gasteiger partial charge in [0.25, 0.3) is 0 Å². The van der Waals surface area contributed by atoms with Crippen molar-refractivity contribution >= 4 is 17.6 Å². The number of carboxylic acid groups (broad SMARTS) is 1. The number of nitrogens with one attached hydrogen (secondary N) is 2. The van der Waals surface area contributed by atoms with Crippen molar-refractivity contribution in [3.63, 3.8) is 0 Å². The molecule has 0 saturated carbocycles. The summed E-state index contributed by atoms with van der Waals surface area (Å²) in [7, 11) is 0. The van der Waals surface area contributed by atoms with Crippen LogP contribution in [0.2, 0.25) is 0 Å². The van der Waals surface area contributed by atoms with Gasteiger partial charge in [0.15, 0.2) is 0 Å². The summed E-state index contributed by atoms with van der Waals surface area (Å²) in [5, 5.41) is 15.0. The summed E-state index contributed by atoms with van der Waals surface area (Å²) >= 11 is 0. The second-order valence-electron chi connectivity index (χ2n) is 5.96. The minimum Gasteiger partial charge on any atom is -0.481 e. The fourth-order valence-corrected chi connectivity index (χ4v) is 2.85. The molecule has 1 saturated heterocycles. The smallest absolute Gasteiger partial charge is 0.307 e. The van der Waals surface area contributed by atoms with Crippen LogP contribution in [-0.4, -0.2) is 30.1 Å². The van der Waals surface area contributed by atoms with Crippen LogP contribution in [-0.2, 0) is 16.0 Å². The van der Waals surface area contributed by atoms with Gasteiger partial charge in [-0.15, -0.1) is 0 Å². The number of benzene rings is 1. The predicted molar refractivity (Wildman–Crippen MR) is 81.2 cm³/mol. The van der Waals surface area contributed by atoms with E-state index in [1.165, 1.54) is 0 Å². The molecular weight excluding hydrogens is 268 g/mol. The highest BCUT2D eigenvalue weighted by molar-refractivity contribution is 5.96. The first-order chi connectivity index (χ1) is 9.94. The maximum atomic E-state index is 12.6. The minimum absolute atomic E-state index is 0.00924. The van der Waals surface area contributed by atoms with Crippen LogP contribution < -0.4 is 10.6 Å². The standard InChI is InChI=1S/C16H22N2O3/c1-11(2)16(6-7-17-10-16)15(21)18-13-5-3-4-12(8-13)9-14(19)20/h3-5,8,11,17H,6-7,9-10H2,1-2H3,(H,18,21)(H,19,20). The molecule has 0 radical (unpaired) electrons. The molecule has 0 bridgehead atoms. The molecule has 3 N–H and O–H groups in total. The van der Waals surface area contributed by atoms with E-state index in [-0.39, 0.29) is 23.7 Å². The Morgan fingerprint density at radius 3 is 2.76 bits per heavy atom. The van der Waals surface area contributed by atoms with E-state index >= 15 is 0 Å². The third kappa shape index (κ3) is 3.42. The van der Waals surface area contributed by atoms with E-state index in [9.17, 15) is 9.59 Å². The molecule has 1 aromatic rings. The Balaban J connectivity index is 2.13. The van der Waals surface area contributed by atoms with Crippen molar-refractivity contribution < 1.29 is 14.7 Å². The molecule has 2 rings (SSSR count). The van der Waals surface area contributed by atoms with Crippen molar-refractivity contribution in [1.29, 1.82) is 0 Å². The summed E-state index contributed by atoms with van der Waals surface area (Å²) in [6.45, 7) is 5.66. The molecule has 0 spiro atoms. The van der Waals surface area contributed by atoms with Crippen molar-refractivity contribution in [3.05, 3.63) is 29.8 Å². The molecule has 1 fully saturated rings. The maximum Gasteiger partial charge on any atom is 0.307 e. The summed E-state index contributed by atoms with van der Waals surface area (Å²) in [4.78, 5) is 23.4. The second kappa shape index (κ2) is 6.26. The highest BCUT2D eigenvalue weighted by Gasteiger charge is 2.43. The van der Waals surface area contributed by atoms with E-state index in [1.54, 1.807) is 24.3 Å². The third-order valence-electron chi connectivity index (χ3n) is 4.29. The quantitative estimate of drug-likeness (QED) is 0.774. The van der Waals surface area contributed by atoms with Crippen LogP contribution in [0.25, 0.3) is 0 Å². The van der Waals surface area contributed by atoms with Gasteiger partial charge in [0.1, 0.15) is 0 Å². The Morgan fingerprint density at radius 1 is 1.43 bits per heavy atom. The highest BCUT2D eigenvalue weighted by atomic mass is 16.4. The lowest BCUT2D eigenvalue weighted by Crippen LogP contribution is -2.42. The first-order valence-corrected chi connectivity index (χ1v) is 7.27. The molecule has 114 valence electrons. The number of carboxylic acids is 1. The summed E-state index contributed by atoms with van der Waals surface area (Å²) < 4.78 is 0. The first kappa shape index (κ1) is 15.5. The topological polar surface area (TPSA) is 78.4 Å². The van der Waals surface area contributed by atoms with Crippen molar-refractivity contribution in [1.82, 2.24) is 5.32 Å². The van der Waals surface area contributed by atoms with E-state index in [1.807, 2.05) is 0 Å². The fraction of sp³-hybridized carbons (Fsp3) is 0.500. The summed E-state index contributed by atoms with van der Waals surface area (Å²) in [5.41, 5.74) is 0.956. The number of hydrogen-bond acceptors (Lipinski definition) is 3. The zero-order valence-electron chi connectivity index (χ0n) is 12.5. The van der Waals surface area contributed by atoms with Gasteiger partial charge in [-0.05, 0) is 36.6 Å². The van der Waals surface area contributed by atoms with Crippen LogP contribution in [0, 0.1) is 11.3 Å². The zero-order valence-corrected chi connectivity index (χ0v) is 12.5. The summed E-state index contributed by atoms with van der Waals surface area (Å²) in [5.74, 6) is -0.623. The van der Waals surface area contributed by atoms with Gasteiger partial charge in [0.05, 0.1) is 11.8 Å². The van der Waals surface area contributed by atoms with Crippen molar-refractivity contribution in [2.75, 3.05) is 18.4 Å². The Hall–Kier alpha value is -1.88. The Labute approximate surface area is 124 Å². The normalized spacial score (nSPS) is 21.5. The van der Waals surface area contributed by atoms with Crippen LogP contribution in [0.4, 0.5) is 5.69 Å². The van der Waals surface area contributed by atoms with Crippen molar-refractivity contribution in [2.24, 2.45) is 11.3 Å². The van der Waals surface area contributed by atoms with Gasteiger partial charge >= 0.3 is 5.97 Å². The highest BCUT2D eigenvalue weighted by Crippen LogP contribution is 2.35. The molecule has 1 aliphatic rings. The van der Waals surface area contributed by atoms with E-state index in [4.69, 9.17) is 5.11 Å². The molecule has 1 unspecified atom stereocenters. The van der Waals surface area contributed by atoms with Crippen LogP contribution in [0.3, 0.4) is 0 Å². The molecule has 1 aromatic carbocycles. The molecule has 1 aliphatic heterocycles. The predicted octanol–water partition coefficient (Wildman–Crippen LogP) is 1.89. The SMILES string of the molecule is CC(C)C1(C(=O)Nc2cccc(CC(=O)O)c2)CCNC1. The van der Waals surface area contributed by atoms with Crippen molar-refractivity contribution in [2.45, 2.75) is 26.7 Å². The largest absolute Gasteiger partial charge is 0.481 e. The molecule has 1 amide bonds. The lowest BCUT2D eigenvalue weighted by Gasteiger charge is -2.31. The first-order valence-electron chi connectivity index (χ1n) is 7.27. The van der Waals surface area contributed by atoms with E-state index in [0.717, 1.165) is 13.0 Å². The average Bonchev–Trinajstić information content (AvgIpc) is 2.88. The van der Waals surface area contributed by atoms with Crippen LogP contribution in [0.15, 0.2) is 24.3 Å². The number of amides is 1. The van der Waals surface area contributed by atoms with Gasteiger partial charge in [-0.25, -0.2) is 0 Å². The van der Waals surface area contributed by atoms with Gasteiger partial charge in [-0.3, -0.25) is 9.59 Å². The number of rotatable bonds is 5. The molecule has 5 nitrogen and oxygen atoms in total. The van der Waals surface area contributed by atoms with Crippen LogP contribution in [0.1, 0.15) is 25.8 Å². The lowest BCUT2D eigenvalue weighted by molar-refractivity contribution is -0.136. The minimum atomic E-state index is -0.878. The Kier molecular flexibility index (Phi) is 4.63. The van der Waals surface area contributed by atoms with Gasteiger partial charge in [-0.1, -0.05) is 26.0 Å². The fourth-order valence-electron chi connectivity index (χ4n) is 2.85. The molecule has 21 heavy (non-hydrogen) atoms. The number of carbonyl (C=O) groups is 2. The molecule has 1 heterocycles. The second-order valence-corrected chi connectivity index (χ2v) is 5.96. The summed E-state index contributed by atoms with van der Waals surface area (Å²) in [6.07, 6.45) is 0.784. The molecular formula is C16H22N2O3. The molecule has 1 atom stereocenters. The van der Waals surface area contributed by atoms with E-state index in [2.05, 4.69) is 24.5 Å². The third-order valence-corrected chi connectivity index (χ3v) is 4.29. The number of carbonyl (C=O) groups excluding carboxylic acids is 1. The van der Waals surface area contributed by atoms with Gasteiger partial charge < -0.3 is 15.7 Å². The Morgan fingerprint density at radius 2 is 2.19 bits per heavy atom. The number of hydrogen-bond donors (Lipinski definition) is 3. The van der Waals surface area contributed by atoms with Crippen LogP contribution in [0.5, 0.6) is 0 Å². The monoisotopic (exact) mass is 290 g/mol. The lowest BCUT2D eigenvalue weighted by atomic mass is 9.75. The molecule has 0 aromatic heterocycles. The Bertz CT molecular complexity index is 534. The molecule has 5 heteroatoms. The van der Waals surface area contributed by atoms with Crippen LogP contribution >= 0.6 is 0 Å². The zero-order chi connectivity index (χ0) is 15.5. The van der Waals surface area contributed by atoms with Gasteiger partial charge in [0, 0.05) is 12.2 Å². The van der Waals surface area contributed by atoms with Gasteiger partial charge in [-0.2, -0.15) is 0 Å².